The summed E-state index contributed by atoms with van der Waals surface area (Å²) in [6.45, 7) is 11.1. The molecular weight excluding hydrogens is 468 g/mol. The first kappa shape index (κ1) is 29.3. The highest BCUT2D eigenvalue weighted by Gasteiger charge is 2.62. The molecule has 0 saturated heterocycles. The molecule has 0 spiro atoms. The Morgan fingerprint density at radius 3 is 2.38 bits per heavy atom. The van der Waals surface area contributed by atoms with Crippen LogP contribution in [0.4, 0.5) is 0 Å². The van der Waals surface area contributed by atoms with Crippen LogP contribution in [-0.2, 0) is 14.3 Å². The summed E-state index contributed by atoms with van der Waals surface area (Å²) < 4.78 is 10.8. The molecule has 4 fully saturated rings. The molecule has 214 valence electrons. The zero-order chi connectivity index (χ0) is 27.2. The van der Waals surface area contributed by atoms with Crippen LogP contribution in [-0.4, -0.2) is 52.5 Å². The van der Waals surface area contributed by atoms with Crippen molar-refractivity contribution in [2.24, 2.45) is 46.3 Å². The molecule has 4 rings (SSSR count). The summed E-state index contributed by atoms with van der Waals surface area (Å²) in [5.41, 5.74) is -0.238. The zero-order valence-corrected chi connectivity index (χ0v) is 24.2. The fourth-order valence-electron chi connectivity index (χ4n) is 9.80. The Morgan fingerprint density at radius 1 is 1.03 bits per heavy atom. The van der Waals surface area contributed by atoms with Crippen molar-refractivity contribution in [1.29, 1.82) is 0 Å². The van der Waals surface area contributed by atoms with Crippen LogP contribution in [0.15, 0.2) is 0 Å². The van der Waals surface area contributed by atoms with Gasteiger partial charge in [0.1, 0.15) is 0 Å². The molecule has 0 amide bonds. The summed E-state index contributed by atoms with van der Waals surface area (Å²) in [7, 11) is 1.38. The Kier molecular flexibility index (Phi) is 8.76. The van der Waals surface area contributed by atoms with E-state index in [4.69, 9.17) is 9.47 Å². The standard InChI is InChI=1S/C31H54O6/c1-7-29(3,18-27(35)36-6)37-26(34)11-8-19(2)22-9-10-23-28-24(13-15-31(22,23)5)30(4)14-12-21(32)16-20(30)17-25(28)33/h19-26,28,32-34H,7-18H2,1-6H3. The Hall–Kier alpha value is -0.690. The summed E-state index contributed by atoms with van der Waals surface area (Å²) in [5.74, 6) is 2.68. The zero-order valence-electron chi connectivity index (χ0n) is 24.2. The lowest BCUT2D eigenvalue weighted by atomic mass is 9.43. The molecule has 0 aromatic carbocycles. The minimum atomic E-state index is -0.892. The number of hydrogen-bond donors (Lipinski definition) is 3. The summed E-state index contributed by atoms with van der Waals surface area (Å²) in [6.07, 6.45) is 9.41. The molecular formula is C31H54O6. The second-order valence-corrected chi connectivity index (χ2v) is 14.1. The van der Waals surface area contributed by atoms with Crippen molar-refractivity contribution in [2.75, 3.05) is 7.11 Å². The first-order chi connectivity index (χ1) is 17.4. The van der Waals surface area contributed by atoms with Crippen LogP contribution in [0.2, 0.25) is 0 Å². The number of hydrogen-bond acceptors (Lipinski definition) is 6. The van der Waals surface area contributed by atoms with E-state index in [1.807, 2.05) is 13.8 Å². The Morgan fingerprint density at radius 2 is 1.70 bits per heavy atom. The number of carbonyl (C=O) groups excluding carboxylic acids is 1. The van der Waals surface area contributed by atoms with Crippen LogP contribution in [0.1, 0.15) is 112 Å². The van der Waals surface area contributed by atoms with E-state index < -0.39 is 11.9 Å². The second-order valence-electron chi connectivity index (χ2n) is 14.1. The van der Waals surface area contributed by atoms with Gasteiger partial charge in [0, 0.05) is 0 Å². The smallest absolute Gasteiger partial charge is 0.308 e. The van der Waals surface area contributed by atoms with Crippen molar-refractivity contribution in [3.8, 4) is 0 Å². The van der Waals surface area contributed by atoms with Gasteiger partial charge in [-0.2, -0.15) is 0 Å². The second kappa shape index (κ2) is 11.1. The normalized spacial score (nSPS) is 44.6. The van der Waals surface area contributed by atoms with E-state index in [2.05, 4.69) is 20.8 Å². The van der Waals surface area contributed by atoms with Gasteiger partial charge in [0.15, 0.2) is 6.29 Å². The van der Waals surface area contributed by atoms with Crippen LogP contribution >= 0.6 is 0 Å². The molecule has 12 unspecified atom stereocenters. The van der Waals surface area contributed by atoms with Gasteiger partial charge in [0.25, 0.3) is 0 Å². The molecule has 12 atom stereocenters. The van der Waals surface area contributed by atoms with Gasteiger partial charge in [-0.1, -0.05) is 27.7 Å². The first-order valence-corrected chi connectivity index (χ1v) is 15.2. The third-order valence-electron chi connectivity index (χ3n) is 12.2. The van der Waals surface area contributed by atoms with Gasteiger partial charge < -0.3 is 24.8 Å². The largest absolute Gasteiger partial charge is 0.469 e. The van der Waals surface area contributed by atoms with Crippen LogP contribution < -0.4 is 0 Å². The fourth-order valence-corrected chi connectivity index (χ4v) is 9.80. The summed E-state index contributed by atoms with van der Waals surface area (Å²) >= 11 is 0. The van der Waals surface area contributed by atoms with Crippen LogP contribution in [0.25, 0.3) is 0 Å². The van der Waals surface area contributed by atoms with Crippen molar-refractivity contribution < 1.29 is 29.6 Å². The average Bonchev–Trinajstić information content (AvgIpc) is 3.20. The Balaban J connectivity index is 1.39. The van der Waals surface area contributed by atoms with E-state index in [9.17, 15) is 20.1 Å². The number of ether oxygens (including phenoxy) is 2. The molecule has 4 saturated carbocycles. The third-order valence-corrected chi connectivity index (χ3v) is 12.2. The number of carbonyl (C=O) groups is 1. The topological polar surface area (TPSA) is 96.2 Å². The van der Waals surface area contributed by atoms with Gasteiger partial charge in [-0.15, -0.1) is 0 Å². The minimum Gasteiger partial charge on any atom is -0.469 e. The molecule has 0 radical (unpaired) electrons. The molecule has 0 heterocycles. The van der Waals surface area contributed by atoms with Crippen molar-refractivity contribution in [3.63, 3.8) is 0 Å². The van der Waals surface area contributed by atoms with Crippen LogP contribution in [0.5, 0.6) is 0 Å². The van der Waals surface area contributed by atoms with Gasteiger partial charge in [-0.3, -0.25) is 4.79 Å². The number of aliphatic hydroxyl groups excluding tert-OH is 3. The van der Waals surface area contributed by atoms with E-state index in [0.717, 1.165) is 32.1 Å². The lowest BCUT2D eigenvalue weighted by Gasteiger charge is -2.62. The average molecular weight is 523 g/mol. The van der Waals surface area contributed by atoms with Crippen molar-refractivity contribution >= 4 is 5.97 Å². The molecule has 0 aliphatic heterocycles. The minimum absolute atomic E-state index is 0.138. The van der Waals surface area contributed by atoms with Gasteiger partial charge in [0.05, 0.1) is 31.3 Å². The Labute approximate surface area is 224 Å². The maximum Gasteiger partial charge on any atom is 0.308 e. The SMILES string of the molecule is CCC(C)(CC(=O)OC)OC(O)CCC(C)C1CCC2C3C(O)CC4CC(O)CCC4(C)C3CCC12C. The lowest BCUT2D eigenvalue weighted by molar-refractivity contribution is -0.194. The highest BCUT2D eigenvalue weighted by atomic mass is 16.6. The number of aliphatic hydroxyl groups is 3. The molecule has 3 N–H and O–H groups in total. The maximum atomic E-state index is 11.8. The van der Waals surface area contributed by atoms with Gasteiger partial charge >= 0.3 is 5.97 Å². The molecule has 6 heteroatoms. The summed E-state index contributed by atoms with van der Waals surface area (Å²) in [5, 5.41) is 32.5. The lowest BCUT2D eigenvalue weighted by Crippen LogP contribution is -2.58. The third kappa shape index (κ3) is 5.51. The molecule has 0 aromatic rings. The van der Waals surface area contributed by atoms with Crippen molar-refractivity contribution in [1.82, 2.24) is 0 Å². The molecule has 0 bridgehead atoms. The fraction of sp³-hybridized carbons (Fsp3) is 0.968. The predicted molar refractivity (Wildman–Crippen MR) is 143 cm³/mol. The van der Waals surface area contributed by atoms with E-state index in [1.54, 1.807) is 0 Å². The van der Waals surface area contributed by atoms with Crippen molar-refractivity contribution in [3.05, 3.63) is 0 Å². The number of methoxy groups -OCH3 is 1. The van der Waals surface area contributed by atoms with Crippen LogP contribution in [0, 0.1) is 46.3 Å². The van der Waals surface area contributed by atoms with Gasteiger partial charge in [-0.25, -0.2) is 0 Å². The van der Waals surface area contributed by atoms with E-state index in [0.29, 0.717) is 48.3 Å². The molecule has 4 aliphatic carbocycles. The highest BCUT2D eigenvalue weighted by molar-refractivity contribution is 5.70. The number of esters is 1. The van der Waals surface area contributed by atoms with E-state index in [-0.39, 0.29) is 35.4 Å². The van der Waals surface area contributed by atoms with Gasteiger partial charge in [-0.05, 0) is 124 Å². The predicted octanol–water partition coefficient (Wildman–Crippen LogP) is 5.46. The monoisotopic (exact) mass is 522 g/mol. The van der Waals surface area contributed by atoms with Crippen molar-refractivity contribution in [2.45, 2.75) is 136 Å². The first-order valence-electron chi connectivity index (χ1n) is 15.2. The summed E-state index contributed by atoms with van der Waals surface area (Å²) in [6, 6.07) is 0. The van der Waals surface area contributed by atoms with Gasteiger partial charge in [0.2, 0.25) is 0 Å². The summed E-state index contributed by atoms with van der Waals surface area (Å²) in [4.78, 5) is 11.8. The molecule has 4 aliphatic rings. The molecule has 0 aromatic heterocycles. The molecule has 6 nitrogen and oxygen atoms in total. The number of fused-ring (bicyclic) bond motifs is 5. The van der Waals surface area contributed by atoms with E-state index in [1.165, 1.54) is 32.8 Å². The Bertz CT molecular complexity index is 803. The van der Waals surface area contributed by atoms with Crippen LogP contribution in [0.3, 0.4) is 0 Å². The number of rotatable bonds is 9. The highest BCUT2D eigenvalue weighted by Crippen LogP contribution is 2.68. The maximum absolute atomic E-state index is 11.8. The quantitative estimate of drug-likeness (QED) is 0.275. The van der Waals surface area contributed by atoms with E-state index >= 15 is 0 Å². The molecule has 37 heavy (non-hydrogen) atoms.